The van der Waals surface area contributed by atoms with Gasteiger partial charge in [-0.25, -0.2) is 4.98 Å². The van der Waals surface area contributed by atoms with Crippen molar-refractivity contribution in [3.05, 3.63) is 24.3 Å². The number of allylic oxidation sites excluding steroid dienone is 2. The highest BCUT2D eigenvalue weighted by Gasteiger charge is 2.59. The largest absolute Gasteiger partial charge is 0.471 e. The van der Waals surface area contributed by atoms with Gasteiger partial charge in [0.1, 0.15) is 18.4 Å². The van der Waals surface area contributed by atoms with Crippen LogP contribution in [0.2, 0.25) is 0 Å². The lowest BCUT2D eigenvalue weighted by molar-refractivity contribution is -0.176. The maximum atomic E-state index is 13.7. The van der Waals surface area contributed by atoms with E-state index in [1.165, 1.54) is 11.2 Å². The maximum absolute atomic E-state index is 13.7. The molecule has 1 unspecified atom stereocenters. The number of alkyl halides is 3. The van der Waals surface area contributed by atoms with Gasteiger partial charge in [0.15, 0.2) is 11.9 Å². The Labute approximate surface area is 199 Å². The molecule has 35 heavy (non-hydrogen) atoms. The van der Waals surface area contributed by atoms with Crippen LogP contribution in [0.15, 0.2) is 18.5 Å². The molecule has 1 saturated heterocycles. The smallest absolute Gasteiger partial charge is 0.336 e. The van der Waals surface area contributed by atoms with E-state index in [0.717, 1.165) is 6.42 Å². The Morgan fingerprint density at radius 3 is 2.46 bits per heavy atom. The first kappa shape index (κ1) is 24.7. The van der Waals surface area contributed by atoms with Crippen molar-refractivity contribution in [3.63, 3.8) is 0 Å². The summed E-state index contributed by atoms with van der Waals surface area (Å²) in [5, 5.41) is 20.2. The van der Waals surface area contributed by atoms with Crippen LogP contribution in [0.3, 0.4) is 0 Å². The van der Waals surface area contributed by atoms with Crippen molar-refractivity contribution in [2.75, 3.05) is 6.54 Å². The predicted octanol–water partition coefficient (Wildman–Crippen LogP) is 1.23. The van der Waals surface area contributed by atoms with Crippen molar-refractivity contribution < 1.29 is 27.6 Å². The fraction of sp³-hybridized carbons (Fsp3) is 0.636. The first-order valence-electron chi connectivity index (χ1n) is 11.2. The van der Waals surface area contributed by atoms with E-state index in [-0.39, 0.29) is 36.0 Å². The summed E-state index contributed by atoms with van der Waals surface area (Å²) in [6.07, 6.45) is 0.973. The van der Waals surface area contributed by atoms with Gasteiger partial charge in [-0.1, -0.05) is 32.9 Å². The molecule has 1 aromatic rings. The third-order valence-electron chi connectivity index (χ3n) is 7.10. The first-order chi connectivity index (χ1) is 16.3. The van der Waals surface area contributed by atoms with Gasteiger partial charge < -0.3 is 15.5 Å². The Hall–Kier alpha value is -3.43. The molecule has 0 spiro atoms. The van der Waals surface area contributed by atoms with E-state index in [9.17, 15) is 32.8 Å². The van der Waals surface area contributed by atoms with Crippen molar-refractivity contribution in [1.29, 1.82) is 5.26 Å². The molecule has 3 amide bonds. The predicted molar refractivity (Wildman–Crippen MR) is 114 cm³/mol. The van der Waals surface area contributed by atoms with E-state index in [2.05, 4.69) is 20.5 Å². The fourth-order valence-electron chi connectivity index (χ4n) is 5.55. The third kappa shape index (κ3) is 4.49. The quantitative estimate of drug-likeness (QED) is 0.527. The van der Waals surface area contributed by atoms with Crippen molar-refractivity contribution >= 4 is 17.7 Å². The second kappa shape index (κ2) is 8.66. The molecule has 2 bridgehead atoms. The number of likely N-dealkylation sites (tertiary alicyclic amines) is 1. The molecule has 2 heterocycles. The highest BCUT2D eigenvalue weighted by molar-refractivity contribution is 5.94. The number of rotatable bonds is 5. The highest BCUT2D eigenvalue weighted by Crippen LogP contribution is 2.54. The molecule has 13 heteroatoms. The molecular formula is C22H26F3N7O3. The van der Waals surface area contributed by atoms with Crippen LogP contribution in [0.5, 0.6) is 0 Å². The summed E-state index contributed by atoms with van der Waals surface area (Å²) in [5.74, 6) is -3.68. The van der Waals surface area contributed by atoms with E-state index < -0.39 is 47.4 Å². The number of halogens is 3. The van der Waals surface area contributed by atoms with Crippen LogP contribution < -0.4 is 10.6 Å². The molecule has 1 saturated carbocycles. The molecule has 7 atom stereocenters. The lowest BCUT2D eigenvalue weighted by atomic mass is 9.81. The van der Waals surface area contributed by atoms with E-state index >= 15 is 0 Å². The topological polar surface area (TPSA) is 144 Å². The lowest BCUT2D eigenvalue weighted by Gasteiger charge is -2.37. The van der Waals surface area contributed by atoms with Gasteiger partial charge >= 0.3 is 12.1 Å². The number of hydrogen-bond donors (Lipinski definition) is 3. The van der Waals surface area contributed by atoms with Crippen LogP contribution in [0.4, 0.5) is 13.2 Å². The Morgan fingerprint density at radius 1 is 1.20 bits per heavy atom. The van der Waals surface area contributed by atoms with Gasteiger partial charge in [-0.15, -0.1) is 0 Å². The standard InChI is InChI=1S/C22H26F3N7O3/c1-21(2,3)16(30-20(35)22(23,24)25)19(34)32-8-12-10-4-5-11(6-10)14(12)15(32)18(33)29-13(7-26)17-27-9-28-31-17/h4-5,9-16H,6,8H2,1-3H3,(H,29,33)(H,30,35)(H,27,28,31)/t10-,11+,12-,13?,14+,15+,16-/m1/s1. The minimum atomic E-state index is -5.17. The minimum Gasteiger partial charge on any atom is -0.336 e. The lowest BCUT2D eigenvalue weighted by Crippen LogP contribution is -2.60. The molecule has 3 aliphatic rings. The van der Waals surface area contributed by atoms with Gasteiger partial charge in [-0.05, 0) is 35.5 Å². The zero-order valence-electron chi connectivity index (χ0n) is 19.3. The molecular weight excluding hydrogens is 467 g/mol. The minimum absolute atomic E-state index is 0.0282. The number of aromatic amines is 1. The number of amides is 3. The number of hydrogen-bond acceptors (Lipinski definition) is 6. The van der Waals surface area contributed by atoms with Gasteiger partial charge in [-0.2, -0.15) is 23.5 Å². The van der Waals surface area contributed by atoms with Crippen molar-refractivity contribution in [3.8, 4) is 6.07 Å². The zero-order chi connectivity index (χ0) is 25.7. The van der Waals surface area contributed by atoms with Gasteiger partial charge in [0.05, 0.1) is 6.07 Å². The van der Waals surface area contributed by atoms with Crippen LogP contribution in [-0.2, 0) is 14.4 Å². The monoisotopic (exact) mass is 493 g/mol. The summed E-state index contributed by atoms with van der Waals surface area (Å²) >= 11 is 0. The molecule has 1 aliphatic heterocycles. The SMILES string of the molecule is CC(C)(C)[C@H](NC(=O)C(F)(F)F)C(=O)N1C[C@H]2[C@@H]([C@H]1C(=O)NC(C#N)c1nc[nH]n1)[C@H]1C=C[C@@H]2C1. The second-order valence-corrected chi connectivity index (χ2v) is 10.3. The molecule has 0 radical (unpaired) electrons. The maximum Gasteiger partial charge on any atom is 0.471 e. The number of carbonyl (C=O) groups excluding carboxylic acids is 3. The molecule has 10 nitrogen and oxygen atoms in total. The fourth-order valence-corrected chi connectivity index (χ4v) is 5.55. The van der Waals surface area contributed by atoms with Crippen LogP contribution in [0.25, 0.3) is 0 Å². The van der Waals surface area contributed by atoms with E-state index in [1.54, 1.807) is 20.8 Å². The number of H-pyrrole nitrogens is 1. The van der Waals surface area contributed by atoms with Crippen molar-refractivity contribution in [1.82, 2.24) is 30.7 Å². The van der Waals surface area contributed by atoms with Gasteiger partial charge in [-0.3, -0.25) is 19.5 Å². The Kier molecular flexibility index (Phi) is 6.11. The summed E-state index contributed by atoms with van der Waals surface area (Å²) in [6, 6.07) is -1.80. The van der Waals surface area contributed by atoms with Crippen LogP contribution in [-0.4, -0.2) is 62.6 Å². The van der Waals surface area contributed by atoms with Crippen LogP contribution in [0.1, 0.15) is 39.1 Å². The van der Waals surface area contributed by atoms with E-state index in [4.69, 9.17) is 0 Å². The molecule has 2 aliphatic carbocycles. The van der Waals surface area contributed by atoms with Gasteiger partial charge in [0, 0.05) is 6.54 Å². The van der Waals surface area contributed by atoms with Crippen LogP contribution >= 0.6 is 0 Å². The summed E-state index contributed by atoms with van der Waals surface area (Å²) in [5.41, 5.74) is -1.07. The Morgan fingerprint density at radius 2 is 1.89 bits per heavy atom. The summed E-state index contributed by atoms with van der Waals surface area (Å²) in [4.78, 5) is 44.1. The van der Waals surface area contributed by atoms with E-state index in [1.807, 2.05) is 23.5 Å². The molecule has 0 aromatic carbocycles. The molecule has 188 valence electrons. The summed E-state index contributed by atoms with van der Waals surface area (Å²) in [6.45, 7) is 4.79. The first-order valence-corrected chi connectivity index (χ1v) is 11.2. The number of nitrogens with one attached hydrogen (secondary N) is 3. The number of aromatic nitrogens is 3. The molecule has 1 aromatic heterocycles. The normalized spacial score (nSPS) is 28.8. The third-order valence-corrected chi connectivity index (χ3v) is 7.10. The Balaban J connectivity index is 1.64. The number of carbonyl (C=O) groups is 3. The number of fused-ring (bicyclic) bond motifs is 5. The number of nitriles is 1. The molecule has 3 N–H and O–H groups in total. The highest BCUT2D eigenvalue weighted by atomic mass is 19.4. The van der Waals surface area contributed by atoms with Crippen molar-refractivity contribution in [2.24, 2.45) is 29.1 Å². The van der Waals surface area contributed by atoms with Gasteiger partial charge in [0.2, 0.25) is 11.8 Å². The molecule has 2 fully saturated rings. The second-order valence-electron chi connectivity index (χ2n) is 10.3. The number of nitrogens with zero attached hydrogens (tertiary/aromatic N) is 4. The van der Waals surface area contributed by atoms with Gasteiger partial charge in [0.25, 0.3) is 0 Å². The van der Waals surface area contributed by atoms with Crippen LogP contribution in [0, 0.1) is 40.4 Å². The molecule has 4 rings (SSSR count). The summed E-state index contributed by atoms with van der Waals surface area (Å²) in [7, 11) is 0. The average Bonchev–Trinajstić information content (AvgIpc) is 3.54. The van der Waals surface area contributed by atoms with E-state index in [0.29, 0.717) is 0 Å². The van der Waals surface area contributed by atoms with Crippen molar-refractivity contribution in [2.45, 2.75) is 51.5 Å². The summed E-state index contributed by atoms with van der Waals surface area (Å²) < 4.78 is 39.0. The Bertz CT molecular complexity index is 1070. The zero-order valence-corrected chi connectivity index (χ0v) is 19.3. The average molecular weight is 493 g/mol.